The molecule has 0 atom stereocenters. The molecule has 0 saturated heterocycles. The van der Waals surface area contributed by atoms with E-state index < -0.39 is 0 Å². The van der Waals surface area contributed by atoms with Crippen molar-refractivity contribution in [2.75, 3.05) is 11.1 Å². The van der Waals surface area contributed by atoms with E-state index in [9.17, 15) is 4.39 Å². The molecule has 3 rings (SSSR count). The maximum Gasteiger partial charge on any atom is 0.125 e. The first-order chi connectivity index (χ1) is 9.11. The first kappa shape index (κ1) is 11.5. The Morgan fingerprint density at radius 1 is 1.21 bits per heavy atom. The second-order valence-corrected chi connectivity index (χ2v) is 4.41. The van der Waals surface area contributed by atoms with Crippen molar-refractivity contribution in [3.63, 3.8) is 0 Å². The van der Waals surface area contributed by atoms with Gasteiger partial charge in [0.05, 0.1) is 22.4 Å². The quantitative estimate of drug-likeness (QED) is 0.616. The van der Waals surface area contributed by atoms with E-state index in [1.165, 1.54) is 12.1 Å². The Balaban J connectivity index is 1.96. The van der Waals surface area contributed by atoms with Gasteiger partial charge in [-0.25, -0.2) is 9.37 Å². The number of halogens is 1. The Bertz CT molecular complexity index is 748. The van der Waals surface area contributed by atoms with Crippen LogP contribution < -0.4 is 11.1 Å². The molecule has 3 aromatic rings. The lowest BCUT2D eigenvalue weighted by Crippen LogP contribution is -1.96. The van der Waals surface area contributed by atoms with Gasteiger partial charge in [0.15, 0.2) is 0 Å². The van der Waals surface area contributed by atoms with Crippen LogP contribution in [0.4, 0.5) is 21.5 Å². The molecule has 0 aliphatic carbocycles. The van der Waals surface area contributed by atoms with Crippen molar-refractivity contribution in [3.8, 4) is 0 Å². The lowest BCUT2D eigenvalue weighted by Gasteiger charge is -2.09. The molecule has 0 spiro atoms. The van der Waals surface area contributed by atoms with Crippen LogP contribution in [0.5, 0.6) is 0 Å². The summed E-state index contributed by atoms with van der Waals surface area (Å²) in [4.78, 5) is 7.50. The smallest absolute Gasteiger partial charge is 0.125 e. The zero-order chi connectivity index (χ0) is 13.4. The SMILES string of the molecule is Cc1nc2ccc(Nc3ccc(F)cc3N)cc2[nH]1. The molecule has 0 fully saturated rings. The number of imidazole rings is 1. The molecule has 5 heteroatoms. The number of nitrogens with zero attached hydrogens (tertiary/aromatic N) is 1. The van der Waals surface area contributed by atoms with Crippen LogP contribution in [0, 0.1) is 12.7 Å². The van der Waals surface area contributed by atoms with E-state index >= 15 is 0 Å². The second kappa shape index (κ2) is 4.28. The number of rotatable bonds is 2. The summed E-state index contributed by atoms with van der Waals surface area (Å²) in [7, 11) is 0. The summed E-state index contributed by atoms with van der Waals surface area (Å²) >= 11 is 0. The highest BCUT2D eigenvalue weighted by molar-refractivity contribution is 5.82. The van der Waals surface area contributed by atoms with Gasteiger partial charge in [-0.05, 0) is 43.3 Å². The Labute approximate surface area is 109 Å². The average molecular weight is 256 g/mol. The van der Waals surface area contributed by atoms with Crippen LogP contribution in [0.2, 0.25) is 0 Å². The number of benzene rings is 2. The van der Waals surface area contributed by atoms with E-state index in [0.717, 1.165) is 22.5 Å². The molecule has 0 unspecified atom stereocenters. The number of H-pyrrole nitrogens is 1. The van der Waals surface area contributed by atoms with Gasteiger partial charge in [0.25, 0.3) is 0 Å². The van der Waals surface area contributed by atoms with Crippen molar-refractivity contribution >= 4 is 28.1 Å². The largest absolute Gasteiger partial charge is 0.397 e. The van der Waals surface area contributed by atoms with Crippen molar-refractivity contribution < 1.29 is 4.39 Å². The summed E-state index contributed by atoms with van der Waals surface area (Å²) in [5.41, 5.74) is 9.55. The minimum atomic E-state index is -0.345. The molecule has 19 heavy (non-hydrogen) atoms. The van der Waals surface area contributed by atoms with Crippen molar-refractivity contribution in [3.05, 3.63) is 48.0 Å². The third-order valence-corrected chi connectivity index (χ3v) is 2.89. The monoisotopic (exact) mass is 256 g/mol. The van der Waals surface area contributed by atoms with Crippen molar-refractivity contribution in [2.45, 2.75) is 6.92 Å². The van der Waals surface area contributed by atoms with Crippen LogP contribution in [0.3, 0.4) is 0 Å². The third kappa shape index (κ3) is 2.22. The molecule has 0 radical (unpaired) electrons. The molecule has 0 bridgehead atoms. The number of nitrogens with two attached hydrogens (primary N) is 1. The molecule has 4 nitrogen and oxygen atoms in total. The van der Waals surface area contributed by atoms with E-state index in [-0.39, 0.29) is 5.82 Å². The molecule has 96 valence electrons. The summed E-state index contributed by atoms with van der Waals surface area (Å²) in [5.74, 6) is 0.524. The molecule has 0 amide bonds. The van der Waals surface area contributed by atoms with Crippen LogP contribution in [-0.2, 0) is 0 Å². The lowest BCUT2D eigenvalue weighted by molar-refractivity contribution is 0.628. The number of aromatic amines is 1. The zero-order valence-corrected chi connectivity index (χ0v) is 10.4. The average Bonchev–Trinajstić information content (AvgIpc) is 2.72. The Morgan fingerprint density at radius 3 is 2.84 bits per heavy atom. The minimum Gasteiger partial charge on any atom is -0.397 e. The predicted molar refractivity (Wildman–Crippen MR) is 74.9 cm³/mol. The van der Waals surface area contributed by atoms with Crippen LogP contribution in [-0.4, -0.2) is 9.97 Å². The predicted octanol–water partition coefficient (Wildman–Crippen LogP) is 3.34. The summed E-state index contributed by atoms with van der Waals surface area (Å²) in [6.45, 7) is 1.91. The number of hydrogen-bond donors (Lipinski definition) is 3. The molecule has 2 aromatic carbocycles. The fourth-order valence-corrected chi connectivity index (χ4v) is 2.02. The van der Waals surface area contributed by atoms with Gasteiger partial charge < -0.3 is 16.0 Å². The summed E-state index contributed by atoms with van der Waals surface area (Å²) in [6, 6.07) is 10.1. The van der Waals surface area contributed by atoms with Crippen LogP contribution >= 0.6 is 0 Å². The first-order valence-corrected chi connectivity index (χ1v) is 5.90. The molecule has 1 aromatic heterocycles. The molecule has 0 aliphatic rings. The zero-order valence-electron chi connectivity index (χ0n) is 10.4. The van der Waals surface area contributed by atoms with E-state index in [0.29, 0.717) is 11.4 Å². The molecule has 0 saturated carbocycles. The molecular formula is C14H13FN4. The highest BCUT2D eigenvalue weighted by Gasteiger charge is 2.04. The van der Waals surface area contributed by atoms with E-state index in [1.807, 2.05) is 25.1 Å². The van der Waals surface area contributed by atoms with Gasteiger partial charge in [-0.15, -0.1) is 0 Å². The fourth-order valence-electron chi connectivity index (χ4n) is 2.02. The summed E-state index contributed by atoms with van der Waals surface area (Å²) in [5, 5.41) is 3.16. The number of nitrogens with one attached hydrogen (secondary N) is 2. The maximum atomic E-state index is 13.0. The third-order valence-electron chi connectivity index (χ3n) is 2.89. The topological polar surface area (TPSA) is 66.7 Å². The number of aryl methyl sites for hydroxylation is 1. The molecule has 0 aliphatic heterocycles. The van der Waals surface area contributed by atoms with Gasteiger partial charge >= 0.3 is 0 Å². The van der Waals surface area contributed by atoms with Gasteiger partial charge in [-0.2, -0.15) is 0 Å². The van der Waals surface area contributed by atoms with Gasteiger partial charge in [-0.3, -0.25) is 0 Å². The highest BCUT2D eigenvalue weighted by atomic mass is 19.1. The Hall–Kier alpha value is -2.56. The van der Waals surface area contributed by atoms with E-state index in [4.69, 9.17) is 5.73 Å². The molecular weight excluding hydrogens is 243 g/mol. The van der Waals surface area contributed by atoms with Crippen LogP contribution in [0.1, 0.15) is 5.82 Å². The fraction of sp³-hybridized carbons (Fsp3) is 0.0714. The summed E-state index contributed by atoms with van der Waals surface area (Å²) < 4.78 is 13.0. The number of hydrogen-bond acceptors (Lipinski definition) is 3. The highest BCUT2D eigenvalue weighted by Crippen LogP contribution is 2.25. The van der Waals surface area contributed by atoms with E-state index in [2.05, 4.69) is 15.3 Å². The van der Waals surface area contributed by atoms with Gasteiger partial charge in [0.2, 0.25) is 0 Å². The van der Waals surface area contributed by atoms with Gasteiger partial charge in [0, 0.05) is 5.69 Å². The van der Waals surface area contributed by atoms with Gasteiger partial charge in [-0.1, -0.05) is 0 Å². The van der Waals surface area contributed by atoms with Crippen LogP contribution in [0.15, 0.2) is 36.4 Å². The molecule has 1 heterocycles. The number of fused-ring (bicyclic) bond motifs is 1. The Kier molecular flexibility index (Phi) is 2.59. The number of aromatic nitrogens is 2. The minimum absolute atomic E-state index is 0.345. The molecule has 4 N–H and O–H groups in total. The van der Waals surface area contributed by atoms with Gasteiger partial charge in [0.1, 0.15) is 11.6 Å². The first-order valence-electron chi connectivity index (χ1n) is 5.90. The maximum absolute atomic E-state index is 13.0. The normalized spacial score (nSPS) is 10.8. The van der Waals surface area contributed by atoms with Crippen LogP contribution in [0.25, 0.3) is 11.0 Å². The number of nitrogen functional groups attached to an aromatic ring is 1. The summed E-state index contributed by atoms with van der Waals surface area (Å²) in [6.07, 6.45) is 0. The number of anilines is 3. The van der Waals surface area contributed by atoms with Crippen molar-refractivity contribution in [1.82, 2.24) is 9.97 Å². The lowest BCUT2D eigenvalue weighted by atomic mass is 10.2. The van der Waals surface area contributed by atoms with Crippen molar-refractivity contribution in [2.24, 2.45) is 0 Å². The van der Waals surface area contributed by atoms with E-state index in [1.54, 1.807) is 6.07 Å². The standard InChI is InChI=1S/C14H13FN4/c1-8-17-13-5-3-10(7-14(13)18-8)19-12-4-2-9(15)6-11(12)16/h2-7,19H,16H2,1H3,(H,17,18). The van der Waals surface area contributed by atoms with Crippen molar-refractivity contribution in [1.29, 1.82) is 0 Å². The Morgan fingerprint density at radius 2 is 2.05 bits per heavy atom. The second-order valence-electron chi connectivity index (χ2n) is 4.41.